The van der Waals surface area contributed by atoms with Crippen molar-refractivity contribution in [2.75, 3.05) is 23.5 Å². The summed E-state index contributed by atoms with van der Waals surface area (Å²) in [5.74, 6) is 2.04. The first-order valence-corrected chi connectivity index (χ1v) is 19.0. The number of thioether (sulfide) groups is 2. The molecule has 2 aromatic carbocycles. The Morgan fingerprint density at radius 3 is 3.00 bits per heavy atom. The standard InChI is InChI=1S/C31H27N2O2S3Se2/c1-21(34)37-16-15-32-26-18-25(38-35-2)10-11-27(26)39-29(32)12-8-22-17-23(20-36-19-22)9-13-30-33-14-4-6-24-5-3-7-28(40-30)31(24)33/h3,5,7-13,17-18H,4,6,14,19-20H2,1-2H3/q+1. The van der Waals surface area contributed by atoms with Crippen LogP contribution in [-0.4, -0.2) is 53.2 Å². The summed E-state index contributed by atoms with van der Waals surface area (Å²) in [6.07, 6.45) is 14.0. The summed E-state index contributed by atoms with van der Waals surface area (Å²) in [6.45, 7) is 2.68. The van der Waals surface area contributed by atoms with Crippen molar-refractivity contribution in [2.24, 2.45) is 0 Å². The molecule has 4 nitrogen and oxygen atoms in total. The number of anilines is 1. The van der Waals surface area contributed by atoms with Crippen molar-refractivity contribution in [1.82, 2.24) is 0 Å². The predicted octanol–water partition coefficient (Wildman–Crippen LogP) is 5.29. The summed E-state index contributed by atoms with van der Waals surface area (Å²) < 4.78 is 13.3. The minimum atomic E-state index is 0.000272. The molecule has 4 heterocycles. The van der Waals surface area contributed by atoms with E-state index in [1.54, 1.807) is 14.0 Å². The number of rotatable bonds is 5. The molecule has 6 rings (SSSR count). The Labute approximate surface area is 260 Å². The molecule has 3 aliphatic heterocycles. The van der Waals surface area contributed by atoms with Crippen molar-refractivity contribution in [3.63, 3.8) is 0 Å². The van der Waals surface area contributed by atoms with E-state index in [0.717, 1.165) is 40.4 Å². The third kappa shape index (κ3) is 6.31. The van der Waals surface area contributed by atoms with Crippen molar-refractivity contribution < 1.29 is 13.5 Å². The molecule has 202 valence electrons. The number of benzene rings is 2. The zero-order valence-corrected chi connectivity index (χ0v) is 28.0. The molecule has 0 atom stereocenters. The molecule has 9 heteroatoms. The maximum atomic E-state index is 11.5. The van der Waals surface area contributed by atoms with Gasteiger partial charge in [-0.1, -0.05) is 0 Å². The van der Waals surface area contributed by atoms with E-state index in [1.807, 2.05) is 16.7 Å². The predicted molar refractivity (Wildman–Crippen MR) is 173 cm³/mol. The molecule has 0 unspecified atom stereocenters. The Balaban J connectivity index is 1.25. The van der Waals surface area contributed by atoms with Gasteiger partial charge in [0.1, 0.15) is 0 Å². The number of aryl methyl sites for hydroxylation is 2. The molecular formula is C31H27N2O2S3Se2+. The molecule has 0 bridgehead atoms. The van der Waals surface area contributed by atoms with Gasteiger partial charge in [-0.05, 0) is 0 Å². The summed E-state index contributed by atoms with van der Waals surface area (Å²) >= 11 is 4.87. The molecule has 0 N–H and O–H groups in total. The zero-order chi connectivity index (χ0) is 27.5. The number of carbonyl (C=O) groups excluding carboxylic acids is 1. The van der Waals surface area contributed by atoms with Crippen LogP contribution in [0.5, 0.6) is 0 Å². The zero-order valence-electron chi connectivity index (χ0n) is 22.1. The van der Waals surface area contributed by atoms with Crippen LogP contribution < -0.4 is 13.9 Å². The van der Waals surface area contributed by atoms with Gasteiger partial charge in [0, 0.05) is 0 Å². The molecule has 0 fully saturated rings. The van der Waals surface area contributed by atoms with E-state index in [1.165, 1.54) is 65.0 Å². The molecule has 0 spiro atoms. The number of nitrogens with zero attached hydrogens (tertiary/aromatic N) is 2. The van der Waals surface area contributed by atoms with E-state index in [-0.39, 0.29) is 20.1 Å². The fourth-order valence-corrected chi connectivity index (χ4v) is 11.1. The van der Waals surface area contributed by atoms with E-state index in [9.17, 15) is 4.79 Å². The van der Waals surface area contributed by atoms with Crippen LogP contribution >= 0.6 is 35.6 Å². The average molecular weight is 714 g/mol. The van der Waals surface area contributed by atoms with Crippen LogP contribution in [0.25, 0.3) is 15.9 Å². The van der Waals surface area contributed by atoms with E-state index in [2.05, 4.69) is 82.6 Å². The van der Waals surface area contributed by atoms with Crippen molar-refractivity contribution in [3.05, 3.63) is 86.6 Å². The van der Waals surface area contributed by atoms with Gasteiger partial charge in [0.05, 0.1) is 0 Å². The Kier molecular flexibility index (Phi) is 9.18. The molecule has 40 heavy (non-hydrogen) atoms. The first-order valence-electron chi connectivity index (χ1n) is 12.9. The molecule has 3 aliphatic rings. The van der Waals surface area contributed by atoms with E-state index in [4.69, 9.17) is 4.18 Å². The molecule has 0 saturated heterocycles. The average Bonchev–Trinajstić information content (AvgIpc) is 3.50. The topological polar surface area (TPSA) is 33.4 Å². The molecule has 0 amide bonds. The van der Waals surface area contributed by atoms with Crippen LogP contribution in [0.2, 0.25) is 0 Å². The Hall–Kier alpha value is -1.85. The quantitative estimate of drug-likeness (QED) is 0.155. The Morgan fingerprint density at radius 1 is 1.20 bits per heavy atom. The van der Waals surface area contributed by atoms with E-state index >= 15 is 0 Å². The van der Waals surface area contributed by atoms with Gasteiger partial charge >= 0.3 is 262 Å². The Morgan fingerprint density at radius 2 is 2.12 bits per heavy atom. The first kappa shape index (κ1) is 28.3. The molecule has 3 aromatic rings. The first-order chi connectivity index (χ1) is 19.6. The number of allylic oxidation sites excluding steroid dienone is 4. The normalized spacial score (nSPS) is 18.4. The van der Waals surface area contributed by atoms with E-state index < -0.39 is 0 Å². The van der Waals surface area contributed by atoms with Crippen LogP contribution in [0, 0.1) is 11.3 Å². The minimum absolute atomic E-state index is 0.000272. The van der Waals surface area contributed by atoms with Gasteiger partial charge in [0.25, 0.3) is 0 Å². The van der Waals surface area contributed by atoms with Crippen molar-refractivity contribution in [3.8, 4) is 11.3 Å². The van der Waals surface area contributed by atoms with Crippen LogP contribution in [0.15, 0.2) is 81.3 Å². The Bertz CT molecular complexity index is 1680. The van der Waals surface area contributed by atoms with Crippen molar-refractivity contribution in [1.29, 1.82) is 0 Å². The number of hydrogen-bond acceptors (Lipinski definition) is 6. The van der Waals surface area contributed by atoms with Gasteiger partial charge in [-0.25, -0.2) is 0 Å². The third-order valence-electron chi connectivity index (χ3n) is 6.59. The monoisotopic (exact) mass is 715 g/mol. The van der Waals surface area contributed by atoms with Gasteiger partial charge in [-0.3, -0.25) is 0 Å². The molecule has 0 aliphatic carbocycles. The van der Waals surface area contributed by atoms with Gasteiger partial charge in [0.2, 0.25) is 0 Å². The van der Waals surface area contributed by atoms with Gasteiger partial charge in [-0.2, -0.15) is 0 Å². The van der Waals surface area contributed by atoms with Crippen molar-refractivity contribution in [2.45, 2.75) is 31.2 Å². The molecule has 0 saturated carbocycles. The van der Waals surface area contributed by atoms with Crippen molar-refractivity contribution >= 4 is 96.1 Å². The second-order valence-corrected chi connectivity index (χ2v) is 16.8. The summed E-state index contributed by atoms with van der Waals surface area (Å²) in [5.41, 5.74) is 6.78. The van der Waals surface area contributed by atoms with Crippen LogP contribution in [0.4, 0.5) is 5.69 Å². The fraction of sp³-hybridized carbons (Fsp3) is 0.226. The number of para-hydroxylation sites is 1. The van der Waals surface area contributed by atoms with E-state index in [0.29, 0.717) is 14.5 Å². The van der Waals surface area contributed by atoms with Crippen LogP contribution in [-0.2, 0) is 21.9 Å². The number of hydrogen-bond donors (Lipinski definition) is 0. The number of fused-ring (bicyclic) bond motifs is 1. The second kappa shape index (κ2) is 13.0. The SMILES string of the molecule is COSc1ccc2c(c1)N(C#CSC(C)=O)/C(=C/C=C1C=C(/C=C/c3[se]c4cccc5c4[n+]3CCC5)CSC/1)[Se]2. The maximum absolute atomic E-state index is 11.5. The van der Waals surface area contributed by atoms with Crippen LogP contribution in [0.3, 0.4) is 0 Å². The van der Waals surface area contributed by atoms with Gasteiger partial charge in [-0.15, -0.1) is 0 Å². The summed E-state index contributed by atoms with van der Waals surface area (Å²) in [6, 6.07) is 16.5. The summed E-state index contributed by atoms with van der Waals surface area (Å²) in [5, 5.41) is 2.98. The summed E-state index contributed by atoms with van der Waals surface area (Å²) in [7, 11) is 1.68. The molecule has 1 aromatic heterocycles. The third-order valence-corrected chi connectivity index (χ3v) is 13.4. The second-order valence-electron chi connectivity index (χ2n) is 9.38. The van der Waals surface area contributed by atoms with Gasteiger partial charge < -0.3 is 0 Å². The number of carbonyl (C=O) groups is 1. The summed E-state index contributed by atoms with van der Waals surface area (Å²) in [4.78, 5) is 14.6. The number of aromatic nitrogens is 1. The molecular weight excluding hydrogens is 686 g/mol. The molecule has 0 radical (unpaired) electrons. The fourth-order valence-electron chi connectivity index (χ4n) is 4.91. The van der Waals surface area contributed by atoms with Gasteiger partial charge in [0.15, 0.2) is 0 Å². The van der Waals surface area contributed by atoms with Crippen LogP contribution in [0.1, 0.15) is 23.5 Å².